The molecule has 2 aromatic rings. The van der Waals surface area contributed by atoms with E-state index >= 15 is 0 Å². The SMILES string of the molecule is CCNC(=NCCOc1ccc(C(F)(F)F)cn1)NC1CCc2nc(CC)nn2C1.I. The zero-order chi connectivity index (χ0) is 21.6. The number of pyridine rings is 1. The first kappa shape index (κ1) is 25.1. The smallest absolute Gasteiger partial charge is 0.417 e. The van der Waals surface area contributed by atoms with E-state index in [1.54, 1.807) is 0 Å². The monoisotopic (exact) mass is 553 g/mol. The number of nitrogens with zero attached hydrogens (tertiary/aromatic N) is 5. The summed E-state index contributed by atoms with van der Waals surface area (Å²) in [4.78, 5) is 12.7. The molecule has 3 heterocycles. The first-order valence-corrected chi connectivity index (χ1v) is 10.0. The van der Waals surface area contributed by atoms with Gasteiger partial charge in [0, 0.05) is 37.7 Å². The fourth-order valence-corrected chi connectivity index (χ4v) is 3.08. The minimum absolute atomic E-state index is 0. The lowest BCUT2D eigenvalue weighted by molar-refractivity contribution is -0.137. The lowest BCUT2D eigenvalue weighted by Crippen LogP contribution is -2.47. The van der Waals surface area contributed by atoms with Gasteiger partial charge in [0.25, 0.3) is 0 Å². The second-order valence-corrected chi connectivity index (χ2v) is 6.85. The van der Waals surface area contributed by atoms with Crippen LogP contribution in [0.3, 0.4) is 0 Å². The van der Waals surface area contributed by atoms with Crippen LogP contribution in [0.2, 0.25) is 0 Å². The Hall–Kier alpha value is -2.12. The van der Waals surface area contributed by atoms with Gasteiger partial charge in [0.15, 0.2) is 11.8 Å². The molecule has 0 spiro atoms. The van der Waals surface area contributed by atoms with Crippen LogP contribution in [-0.2, 0) is 25.6 Å². The summed E-state index contributed by atoms with van der Waals surface area (Å²) < 4.78 is 45.0. The largest absolute Gasteiger partial charge is 0.476 e. The summed E-state index contributed by atoms with van der Waals surface area (Å²) in [6.45, 7) is 5.97. The maximum atomic E-state index is 12.6. The van der Waals surface area contributed by atoms with Crippen LogP contribution in [0.15, 0.2) is 23.3 Å². The third-order valence-corrected chi connectivity index (χ3v) is 4.58. The molecule has 8 nitrogen and oxygen atoms in total. The number of hydrogen-bond donors (Lipinski definition) is 2. The Morgan fingerprint density at radius 1 is 1.32 bits per heavy atom. The second-order valence-electron chi connectivity index (χ2n) is 6.85. The highest BCUT2D eigenvalue weighted by Gasteiger charge is 2.30. The average molecular weight is 553 g/mol. The molecule has 0 aliphatic carbocycles. The molecule has 1 atom stereocenters. The topological polar surface area (TPSA) is 89.2 Å². The molecule has 31 heavy (non-hydrogen) atoms. The Bertz CT molecular complexity index is 855. The Labute approximate surface area is 196 Å². The molecule has 0 fully saturated rings. The quantitative estimate of drug-likeness (QED) is 0.238. The molecule has 0 bridgehead atoms. The number of nitrogens with one attached hydrogen (secondary N) is 2. The van der Waals surface area contributed by atoms with Gasteiger partial charge in [-0.15, -0.1) is 24.0 Å². The van der Waals surface area contributed by atoms with Crippen molar-refractivity contribution in [2.75, 3.05) is 19.7 Å². The number of halogens is 4. The van der Waals surface area contributed by atoms with E-state index in [2.05, 4.69) is 30.7 Å². The van der Waals surface area contributed by atoms with Crippen LogP contribution in [-0.4, -0.2) is 51.4 Å². The van der Waals surface area contributed by atoms with Crippen LogP contribution in [0.25, 0.3) is 0 Å². The standard InChI is InChI=1S/C19H26F3N7O.HI/c1-3-15-27-16-7-6-14(12-29(16)28-15)26-18(23-4-2)24-9-10-30-17-8-5-13(11-25-17)19(20,21)22;/h5,8,11,14H,3-4,6-7,9-10,12H2,1-2H3,(H2,23,24,26);1H. The van der Waals surface area contributed by atoms with Crippen LogP contribution in [0, 0.1) is 0 Å². The molecule has 0 saturated carbocycles. The summed E-state index contributed by atoms with van der Waals surface area (Å²) in [6, 6.07) is 2.33. The van der Waals surface area contributed by atoms with Crippen molar-refractivity contribution in [1.82, 2.24) is 30.4 Å². The van der Waals surface area contributed by atoms with Gasteiger partial charge in [0.1, 0.15) is 12.4 Å². The molecule has 0 radical (unpaired) electrons. The summed E-state index contributed by atoms with van der Waals surface area (Å²) in [6.07, 6.45) is -1.05. The van der Waals surface area contributed by atoms with Crippen LogP contribution in [0.5, 0.6) is 5.88 Å². The number of alkyl halides is 3. The Balaban J connectivity index is 0.00000341. The number of aliphatic imine (C=N–C) groups is 1. The van der Waals surface area contributed by atoms with Gasteiger partial charge in [-0.3, -0.25) is 0 Å². The average Bonchev–Trinajstić information content (AvgIpc) is 3.13. The van der Waals surface area contributed by atoms with Crippen LogP contribution in [0.1, 0.15) is 37.5 Å². The molecule has 0 saturated heterocycles. The molecule has 2 aromatic heterocycles. The van der Waals surface area contributed by atoms with Crippen LogP contribution < -0.4 is 15.4 Å². The third kappa shape index (κ3) is 7.21. The predicted octanol–water partition coefficient (Wildman–Crippen LogP) is 2.82. The third-order valence-electron chi connectivity index (χ3n) is 4.58. The van der Waals surface area contributed by atoms with Crippen molar-refractivity contribution in [2.45, 2.75) is 51.9 Å². The van der Waals surface area contributed by atoms with E-state index < -0.39 is 11.7 Å². The van der Waals surface area contributed by atoms with Crippen LogP contribution >= 0.6 is 24.0 Å². The minimum Gasteiger partial charge on any atom is -0.476 e. The number of fused-ring (bicyclic) bond motifs is 1. The number of ether oxygens (including phenoxy) is 1. The molecular weight excluding hydrogens is 526 g/mol. The molecule has 0 amide bonds. The molecule has 0 aromatic carbocycles. The van der Waals surface area contributed by atoms with Crippen LogP contribution in [0.4, 0.5) is 13.2 Å². The first-order valence-electron chi connectivity index (χ1n) is 10.0. The highest BCUT2D eigenvalue weighted by molar-refractivity contribution is 14.0. The van der Waals surface area contributed by atoms with Gasteiger partial charge in [0.05, 0.1) is 18.7 Å². The predicted molar refractivity (Wildman–Crippen MR) is 121 cm³/mol. The number of rotatable bonds is 7. The van der Waals surface area contributed by atoms with Crippen molar-refractivity contribution < 1.29 is 17.9 Å². The van der Waals surface area contributed by atoms with Crippen molar-refractivity contribution in [2.24, 2.45) is 4.99 Å². The molecule has 172 valence electrons. The lowest BCUT2D eigenvalue weighted by Gasteiger charge is -2.25. The van der Waals surface area contributed by atoms with Gasteiger partial charge < -0.3 is 15.4 Å². The molecular formula is C19H27F3IN7O. The highest BCUT2D eigenvalue weighted by atomic mass is 127. The zero-order valence-corrected chi connectivity index (χ0v) is 19.8. The molecule has 3 rings (SSSR count). The van der Waals surface area contributed by atoms with Crippen molar-refractivity contribution in [3.05, 3.63) is 35.5 Å². The van der Waals surface area contributed by atoms with E-state index in [-0.39, 0.29) is 42.5 Å². The van der Waals surface area contributed by atoms with E-state index in [1.807, 2.05) is 18.5 Å². The fourth-order valence-electron chi connectivity index (χ4n) is 3.08. The normalized spacial score (nSPS) is 16.3. The van der Waals surface area contributed by atoms with E-state index in [0.717, 1.165) is 49.7 Å². The van der Waals surface area contributed by atoms with Crippen molar-refractivity contribution in [3.63, 3.8) is 0 Å². The van der Waals surface area contributed by atoms with Gasteiger partial charge in [-0.2, -0.15) is 18.3 Å². The van der Waals surface area contributed by atoms with Crippen molar-refractivity contribution >= 4 is 29.9 Å². The first-order chi connectivity index (χ1) is 14.4. The van der Waals surface area contributed by atoms with E-state index in [4.69, 9.17) is 4.74 Å². The maximum absolute atomic E-state index is 12.6. The summed E-state index contributed by atoms with van der Waals surface area (Å²) in [5, 5.41) is 11.1. The minimum atomic E-state index is -4.41. The molecule has 12 heteroatoms. The summed E-state index contributed by atoms with van der Waals surface area (Å²) >= 11 is 0. The maximum Gasteiger partial charge on any atom is 0.417 e. The highest BCUT2D eigenvalue weighted by Crippen LogP contribution is 2.29. The fraction of sp³-hybridized carbons (Fsp3) is 0.579. The van der Waals surface area contributed by atoms with Gasteiger partial charge >= 0.3 is 6.18 Å². The summed E-state index contributed by atoms with van der Waals surface area (Å²) in [5.41, 5.74) is -0.805. The summed E-state index contributed by atoms with van der Waals surface area (Å²) in [7, 11) is 0. The number of hydrogen-bond acceptors (Lipinski definition) is 5. The van der Waals surface area contributed by atoms with E-state index in [9.17, 15) is 13.2 Å². The van der Waals surface area contributed by atoms with Gasteiger partial charge in [0.2, 0.25) is 5.88 Å². The van der Waals surface area contributed by atoms with Crippen molar-refractivity contribution in [3.8, 4) is 5.88 Å². The van der Waals surface area contributed by atoms with Gasteiger partial charge in [-0.1, -0.05) is 6.92 Å². The molecule has 2 N–H and O–H groups in total. The van der Waals surface area contributed by atoms with Gasteiger partial charge in [-0.05, 0) is 19.4 Å². The number of guanidine groups is 1. The summed E-state index contributed by atoms with van der Waals surface area (Å²) in [5.74, 6) is 2.67. The second kappa shape index (κ2) is 11.5. The van der Waals surface area contributed by atoms with Crippen molar-refractivity contribution in [1.29, 1.82) is 0 Å². The number of aromatic nitrogens is 4. The van der Waals surface area contributed by atoms with Gasteiger partial charge in [-0.25, -0.2) is 19.6 Å². The lowest BCUT2D eigenvalue weighted by atomic mass is 10.1. The zero-order valence-electron chi connectivity index (χ0n) is 17.4. The van der Waals surface area contributed by atoms with E-state index in [0.29, 0.717) is 19.0 Å². The molecule has 1 aliphatic rings. The Kier molecular flexibility index (Phi) is 9.32. The van der Waals surface area contributed by atoms with E-state index in [1.165, 1.54) is 6.07 Å². The molecule has 1 aliphatic heterocycles. The Morgan fingerprint density at radius 2 is 2.13 bits per heavy atom. The molecule has 1 unspecified atom stereocenters. The number of aryl methyl sites for hydroxylation is 2. The Morgan fingerprint density at radius 3 is 2.77 bits per heavy atom.